The minimum absolute atomic E-state index is 0.814. The van der Waals surface area contributed by atoms with Gasteiger partial charge in [-0.2, -0.15) is 0 Å². The fourth-order valence-electron chi connectivity index (χ4n) is 2.29. The van der Waals surface area contributed by atoms with Gasteiger partial charge < -0.3 is 25.2 Å². The maximum atomic E-state index is 9.10. The zero-order chi connectivity index (χ0) is 17.9. The highest BCUT2D eigenvalue weighted by atomic mass is 16.5. The SMILES string of the molecule is Cc1cccc(OCCCN2CCNCC2)c1C.O=C(O)C(=O)O. The van der Waals surface area contributed by atoms with Crippen LogP contribution in [0.1, 0.15) is 17.5 Å². The zero-order valence-electron chi connectivity index (χ0n) is 14.2. The van der Waals surface area contributed by atoms with Crippen molar-refractivity contribution in [2.75, 3.05) is 39.3 Å². The lowest BCUT2D eigenvalue weighted by atomic mass is 10.1. The quantitative estimate of drug-likeness (QED) is 0.547. The van der Waals surface area contributed by atoms with Crippen molar-refractivity contribution < 1.29 is 24.5 Å². The average molecular weight is 338 g/mol. The van der Waals surface area contributed by atoms with E-state index in [-0.39, 0.29) is 0 Å². The summed E-state index contributed by atoms with van der Waals surface area (Å²) >= 11 is 0. The van der Waals surface area contributed by atoms with Gasteiger partial charge in [-0.3, -0.25) is 0 Å². The molecule has 0 radical (unpaired) electrons. The number of aryl methyl sites for hydroxylation is 1. The minimum Gasteiger partial charge on any atom is -0.493 e. The van der Waals surface area contributed by atoms with Crippen molar-refractivity contribution in [3.05, 3.63) is 29.3 Å². The van der Waals surface area contributed by atoms with Gasteiger partial charge in [-0.1, -0.05) is 12.1 Å². The van der Waals surface area contributed by atoms with E-state index in [1.807, 2.05) is 0 Å². The second kappa shape index (κ2) is 10.6. The second-order valence-corrected chi connectivity index (χ2v) is 5.60. The number of rotatable bonds is 5. The highest BCUT2D eigenvalue weighted by Crippen LogP contribution is 2.20. The predicted molar refractivity (Wildman–Crippen MR) is 90.6 cm³/mol. The number of nitrogens with zero attached hydrogens (tertiary/aromatic N) is 1. The van der Waals surface area contributed by atoms with Gasteiger partial charge in [-0.15, -0.1) is 0 Å². The third-order valence-corrected chi connectivity index (χ3v) is 3.82. The molecule has 3 N–H and O–H groups in total. The topological polar surface area (TPSA) is 99.1 Å². The molecule has 7 heteroatoms. The van der Waals surface area contributed by atoms with E-state index in [2.05, 4.69) is 42.3 Å². The molecule has 1 fully saturated rings. The second-order valence-electron chi connectivity index (χ2n) is 5.60. The Labute approximate surface area is 142 Å². The summed E-state index contributed by atoms with van der Waals surface area (Å²) in [6.45, 7) is 10.8. The van der Waals surface area contributed by atoms with Crippen LogP contribution >= 0.6 is 0 Å². The normalized spacial score (nSPS) is 14.4. The minimum atomic E-state index is -1.82. The van der Waals surface area contributed by atoms with E-state index in [0.29, 0.717) is 0 Å². The Balaban J connectivity index is 0.000000413. The summed E-state index contributed by atoms with van der Waals surface area (Å²) in [5.74, 6) is -2.61. The van der Waals surface area contributed by atoms with Crippen LogP contribution in [0.15, 0.2) is 18.2 Å². The summed E-state index contributed by atoms with van der Waals surface area (Å²) in [6, 6.07) is 6.25. The van der Waals surface area contributed by atoms with Crippen LogP contribution in [0.3, 0.4) is 0 Å². The van der Waals surface area contributed by atoms with Gasteiger partial charge >= 0.3 is 11.9 Å². The molecule has 0 amide bonds. The number of ether oxygens (including phenoxy) is 1. The van der Waals surface area contributed by atoms with Crippen LogP contribution in [0.2, 0.25) is 0 Å². The molecule has 2 rings (SSSR count). The maximum absolute atomic E-state index is 9.10. The van der Waals surface area contributed by atoms with Crippen LogP contribution in [-0.2, 0) is 9.59 Å². The van der Waals surface area contributed by atoms with Gasteiger partial charge in [0.25, 0.3) is 0 Å². The molecule has 7 nitrogen and oxygen atoms in total. The Kier molecular flexibility index (Phi) is 8.81. The summed E-state index contributed by atoms with van der Waals surface area (Å²) in [6.07, 6.45) is 1.10. The molecule has 1 aromatic rings. The molecular formula is C17H26N2O5. The molecule has 0 aliphatic carbocycles. The van der Waals surface area contributed by atoms with Gasteiger partial charge in [0.1, 0.15) is 5.75 Å². The van der Waals surface area contributed by atoms with Gasteiger partial charge in [0, 0.05) is 32.7 Å². The highest BCUT2D eigenvalue weighted by molar-refractivity contribution is 6.27. The Morgan fingerprint density at radius 3 is 2.38 bits per heavy atom. The third-order valence-electron chi connectivity index (χ3n) is 3.82. The molecule has 0 spiro atoms. The molecule has 134 valence electrons. The number of hydrogen-bond acceptors (Lipinski definition) is 5. The Morgan fingerprint density at radius 1 is 1.17 bits per heavy atom. The van der Waals surface area contributed by atoms with E-state index in [4.69, 9.17) is 24.5 Å². The molecule has 1 heterocycles. The number of carbonyl (C=O) groups is 2. The van der Waals surface area contributed by atoms with E-state index in [1.165, 1.54) is 24.2 Å². The third kappa shape index (κ3) is 7.43. The number of aliphatic carboxylic acids is 2. The van der Waals surface area contributed by atoms with Gasteiger partial charge in [0.05, 0.1) is 6.61 Å². The monoisotopic (exact) mass is 338 g/mol. The van der Waals surface area contributed by atoms with Crippen LogP contribution in [0.4, 0.5) is 0 Å². The summed E-state index contributed by atoms with van der Waals surface area (Å²) < 4.78 is 5.87. The van der Waals surface area contributed by atoms with Gasteiger partial charge in [0.15, 0.2) is 0 Å². The maximum Gasteiger partial charge on any atom is 0.414 e. The predicted octanol–water partition coefficient (Wildman–Crippen LogP) is 1.13. The smallest absolute Gasteiger partial charge is 0.414 e. The van der Waals surface area contributed by atoms with Crippen LogP contribution in [-0.4, -0.2) is 66.4 Å². The summed E-state index contributed by atoms with van der Waals surface area (Å²) in [7, 11) is 0. The standard InChI is InChI=1S/C15H24N2O.C2H2O4/c1-13-5-3-6-15(14(13)2)18-12-4-9-17-10-7-16-8-11-17;3-1(4)2(5)6/h3,5-6,16H,4,7-12H2,1-2H3;(H,3,4)(H,5,6). The van der Waals surface area contributed by atoms with Crippen LogP contribution in [0.5, 0.6) is 5.75 Å². The molecule has 1 aromatic carbocycles. The van der Waals surface area contributed by atoms with E-state index in [1.54, 1.807) is 0 Å². The molecule has 0 aromatic heterocycles. The first-order valence-electron chi connectivity index (χ1n) is 8.00. The number of carboxylic acids is 2. The van der Waals surface area contributed by atoms with Crippen molar-refractivity contribution in [1.82, 2.24) is 10.2 Å². The van der Waals surface area contributed by atoms with Crippen molar-refractivity contribution in [1.29, 1.82) is 0 Å². The molecule has 0 atom stereocenters. The van der Waals surface area contributed by atoms with Crippen molar-refractivity contribution >= 4 is 11.9 Å². The molecular weight excluding hydrogens is 312 g/mol. The van der Waals surface area contributed by atoms with Crippen LogP contribution in [0, 0.1) is 13.8 Å². The first-order valence-corrected chi connectivity index (χ1v) is 8.00. The number of benzene rings is 1. The van der Waals surface area contributed by atoms with Gasteiger partial charge in [-0.25, -0.2) is 9.59 Å². The van der Waals surface area contributed by atoms with E-state index in [0.717, 1.165) is 38.4 Å². The van der Waals surface area contributed by atoms with Crippen molar-refractivity contribution in [2.45, 2.75) is 20.3 Å². The Bertz CT molecular complexity index is 530. The highest BCUT2D eigenvalue weighted by Gasteiger charge is 2.08. The molecule has 0 unspecified atom stereocenters. The lowest BCUT2D eigenvalue weighted by Gasteiger charge is -2.27. The molecule has 1 aliphatic rings. The number of hydrogen-bond donors (Lipinski definition) is 3. The largest absolute Gasteiger partial charge is 0.493 e. The number of carboxylic acid groups (broad SMARTS) is 2. The van der Waals surface area contributed by atoms with Crippen LogP contribution < -0.4 is 10.1 Å². The molecule has 1 aliphatic heterocycles. The lowest BCUT2D eigenvalue weighted by Crippen LogP contribution is -2.43. The summed E-state index contributed by atoms with van der Waals surface area (Å²) in [5, 5.41) is 18.2. The summed E-state index contributed by atoms with van der Waals surface area (Å²) in [5.41, 5.74) is 2.56. The summed E-state index contributed by atoms with van der Waals surface area (Å²) in [4.78, 5) is 20.7. The first-order chi connectivity index (χ1) is 11.4. The zero-order valence-corrected chi connectivity index (χ0v) is 14.2. The average Bonchev–Trinajstić information content (AvgIpc) is 2.56. The van der Waals surface area contributed by atoms with Crippen molar-refractivity contribution in [2.24, 2.45) is 0 Å². The molecule has 0 saturated carbocycles. The number of piperazine rings is 1. The van der Waals surface area contributed by atoms with Crippen LogP contribution in [0.25, 0.3) is 0 Å². The Hall–Kier alpha value is -2.12. The van der Waals surface area contributed by atoms with Gasteiger partial charge in [0.2, 0.25) is 0 Å². The van der Waals surface area contributed by atoms with E-state index in [9.17, 15) is 0 Å². The fraction of sp³-hybridized carbons (Fsp3) is 0.529. The van der Waals surface area contributed by atoms with Gasteiger partial charge in [-0.05, 0) is 37.5 Å². The molecule has 0 bridgehead atoms. The number of nitrogens with one attached hydrogen (secondary N) is 1. The van der Waals surface area contributed by atoms with Crippen molar-refractivity contribution in [3.8, 4) is 5.75 Å². The molecule has 1 saturated heterocycles. The molecule has 24 heavy (non-hydrogen) atoms. The lowest BCUT2D eigenvalue weighted by molar-refractivity contribution is -0.159. The van der Waals surface area contributed by atoms with Crippen molar-refractivity contribution in [3.63, 3.8) is 0 Å². The van der Waals surface area contributed by atoms with E-state index >= 15 is 0 Å². The Morgan fingerprint density at radius 2 is 1.79 bits per heavy atom. The fourth-order valence-corrected chi connectivity index (χ4v) is 2.29. The van der Waals surface area contributed by atoms with E-state index < -0.39 is 11.9 Å². The first kappa shape index (κ1) is 19.9.